The zero-order valence-corrected chi connectivity index (χ0v) is 16.8. The van der Waals surface area contributed by atoms with Crippen LogP contribution < -0.4 is 14.8 Å². The van der Waals surface area contributed by atoms with Gasteiger partial charge in [0.15, 0.2) is 5.58 Å². The van der Waals surface area contributed by atoms with Gasteiger partial charge in [0.2, 0.25) is 5.89 Å². The highest BCUT2D eigenvalue weighted by molar-refractivity contribution is 6.05. The standard InChI is InChI=1S/C24H22N2O4/c1-3-14-29-20-11-4-16(5-12-20)23(27)25-18-8-13-22-21(15-18)26-24(30-22)17-6-9-19(28-2)10-7-17/h4-13,15H,3,14H2,1-2H3,(H,25,27). The number of aromatic nitrogens is 1. The number of nitrogens with zero attached hydrogens (tertiary/aromatic N) is 1. The first kappa shape index (κ1) is 19.5. The average molecular weight is 402 g/mol. The SMILES string of the molecule is CCCOc1ccc(C(=O)Nc2ccc3oc(-c4ccc(OC)cc4)nc3c2)cc1. The predicted octanol–water partition coefficient (Wildman–Crippen LogP) is 5.54. The van der Waals surface area contributed by atoms with Crippen LogP contribution in [-0.2, 0) is 0 Å². The molecule has 0 unspecified atom stereocenters. The lowest BCUT2D eigenvalue weighted by atomic mass is 10.2. The van der Waals surface area contributed by atoms with Crippen LogP contribution in [0.3, 0.4) is 0 Å². The van der Waals surface area contributed by atoms with E-state index in [1.54, 1.807) is 49.6 Å². The smallest absolute Gasteiger partial charge is 0.255 e. The third-order valence-corrected chi connectivity index (χ3v) is 4.57. The molecule has 3 aromatic carbocycles. The molecule has 0 fully saturated rings. The third kappa shape index (κ3) is 4.27. The summed E-state index contributed by atoms with van der Waals surface area (Å²) in [6.45, 7) is 2.70. The van der Waals surface area contributed by atoms with E-state index in [9.17, 15) is 4.79 Å². The van der Waals surface area contributed by atoms with E-state index in [0.717, 1.165) is 23.5 Å². The van der Waals surface area contributed by atoms with Crippen LogP contribution in [0, 0.1) is 0 Å². The van der Waals surface area contributed by atoms with Crippen LogP contribution in [0.5, 0.6) is 11.5 Å². The Bertz CT molecular complexity index is 1150. The Balaban J connectivity index is 1.49. The number of amides is 1. The molecule has 6 nitrogen and oxygen atoms in total. The number of rotatable bonds is 7. The van der Waals surface area contributed by atoms with Gasteiger partial charge < -0.3 is 19.2 Å². The molecule has 0 aliphatic carbocycles. The van der Waals surface area contributed by atoms with Crippen LogP contribution in [0.2, 0.25) is 0 Å². The number of ether oxygens (including phenoxy) is 2. The van der Waals surface area contributed by atoms with Gasteiger partial charge in [0.05, 0.1) is 13.7 Å². The number of hydrogen-bond donors (Lipinski definition) is 1. The number of fused-ring (bicyclic) bond motifs is 1. The quantitative estimate of drug-likeness (QED) is 0.439. The fourth-order valence-corrected chi connectivity index (χ4v) is 2.99. The molecule has 1 aromatic heterocycles. The first-order chi connectivity index (χ1) is 14.7. The van der Waals surface area contributed by atoms with Crippen LogP contribution in [0.15, 0.2) is 71.1 Å². The van der Waals surface area contributed by atoms with Gasteiger partial charge in [0, 0.05) is 16.8 Å². The summed E-state index contributed by atoms with van der Waals surface area (Å²) in [7, 11) is 1.62. The molecule has 4 aromatic rings. The number of hydrogen-bond acceptors (Lipinski definition) is 5. The van der Waals surface area contributed by atoms with E-state index in [0.29, 0.717) is 34.8 Å². The topological polar surface area (TPSA) is 73.6 Å². The van der Waals surface area contributed by atoms with Crippen molar-refractivity contribution in [3.05, 3.63) is 72.3 Å². The molecule has 0 bridgehead atoms. The highest BCUT2D eigenvalue weighted by Gasteiger charge is 2.11. The van der Waals surface area contributed by atoms with Crippen molar-refractivity contribution in [3.63, 3.8) is 0 Å². The maximum Gasteiger partial charge on any atom is 0.255 e. The Morgan fingerprint density at radius 3 is 2.43 bits per heavy atom. The molecule has 0 radical (unpaired) electrons. The van der Waals surface area contributed by atoms with Crippen molar-refractivity contribution in [3.8, 4) is 23.0 Å². The lowest BCUT2D eigenvalue weighted by Crippen LogP contribution is -2.11. The van der Waals surface area contributed by atoms with Crippen molar-refractivity contribution >= 4 is 22.7 Å². The molecule has 0 saturated carbocycles. The van der Waals surface area contributed by atoms with Crippen molar-refractivity contribution in [2.45, 2.75) is 13.3 Å². The second-order valence-corrected chi connectivity index (χ2v) is 6.76. The summed E-state index contributed by atoms with van der Waals surface area (Å²) in [5, 5.41) is 2.90. The summed E-state index contributed by atoms with van der Waals surface area (Å²) in [4.78, 5) is 17.1. The van der Waals surface area contributed by atoms with Crippen LogP contribution in [0.25, 0.3) is 22.6 Å². The van der Waals surface area contributed by atoms with Crippen molar-refractivity contribution in [2.24, 2.45) is 0 Å². The Morgan fingerprint density at radius 2 is 1.73 bits per heavy atom. The normalized spacial score (nSPS) is 10.7. The minimum atomic E-state index is -0.199. The van der Waals surface area contributed by atoms with Gasteiger partial charge in [-0.2, -0.15) is 0 Å². The lowest BCUT2D eigenvalue weighted by molar-refractivity contribution is 0.102. The van der Waals surface area contributed by atoms with Gasteiger partial charge in [-0.15, -0.1) is 0 Å². The first-order valence-corrected chi connectivity index (χ1v) is 9.75. The monoisotopic (exact) mass is 402 g/mol. The molecule has 0 saturated heterocycles. The number of carbonyl (C=O) groups excluding carboxylic acids is 1. The maximum absolute atomic E-state index is 12.6. The molecule has 152 valence electrons. The van der Waals surface area contributed by atoms with Crippen molar-refractivity contribution in [1.29, 1.82) is 0 Å². The van der Waals surface area contributed by atoms with Gasteiger partial charge in [-0.25, -0.2) is 4.98 Å². The fourth-order valence-electron chi connectivity index (χ4n) is 2.99. The van der Waals surface area contributed by atoms with Crippen molar-refractivity contribution in [2.75, 3.05) is 19.0 Å². The van der Waals surface area contributed by atoms with Crippen molar-refractivity contribution < 1.29 is 18.7 Å². The highest BCUT2D eigenvalue weighted by atomic mass is 16.5. The van der Waals surface area contributed by atoms with Gasteiger partial charge in [0.25, 0.3) is 5.91 Å². The molecule has 1 N–H and O–H groups in total. The summed E-state index contributed by atoms with van der Waals surface area (Å²) in [6, 6.07) is 20.0. The van der Waals surface area contributed by atoms with E-state index in [1.165, 1.54) is 0 Å². The number of oxazole rings is 1. The summed E-state index contributed by atoms with van der Waals surface area (Å²) in [5.41, 5.74) is 3.37. The largest absolute Gasteiger partial charge is 0.497 e. The molecular weight excluding hydrogens is 380 g/mol. The minimum Gasteiger partial charge on any atom is -0.497 e. The number of anilines is 1. The Kier molecular flexibility index (Phi) is 5.66. The zero-order valence-electron chi connectivity index (χ0n) is 16.8. The molecule has 0 aliphatic rings. The maximum atomic E-state index is 12.6. The van der Waals surface area contributed by atoms with E-state index in [-0.39, 0.29) is 5.91 Å². The van der Waals surface area contributed by atoms with E-state index in [4.69, 9.17) is 13.9 Å². The molecule has 0 spiro atoms. The van der Waals surface area contributed by atoms with Gasteiger partial charge in [0.1, 0.15) is 17.0 Å². The number of benzene rings is 3. The van der Waals surface area contributed by atoms with E-state index < -0.39 is 0 Å². The van der Waals surface area contributed by atoms with Crippen LogP contribution in [-0.4, -0.2) is 24.6 Å². The second-order valence-electron chi connectivity index (χ2n) is 6.76. The van der Waals surface area contributed by atoms with E-state index >= 15 is 0 Å². The molecule has 1 amide bonds. The van der Waals surface area contributed by atoms with Crippen LogP contribution >= 0.6 is 0 Å². The second kappa shape index (κ2) is 8.69. The molecule has 1 heterocycles. The van der Waals surface area contributed by atoms with Crippen molar-refractivity contribution in [1.82, 2.24) is 4.98 Å². The van der Waals surface area contributed by atoms with Gasteiger partial charge >= 0.3 is 0 Å². The van der Waals surface area contributed by atoms with E-state index in [2.05, 4.69) is 10.3 Å². The van der Waals surface area contributed by atoms with Gasteiger partial charge in [-0.05, 0) is 73.2 Å². The summed E-state index contributed by atoms with van der Waals surface area (Å²) in [5.74, 6) is 1.84. The summed E-state index contributed by atoms with van der Waals surface area (Å²) >= 11 is 0. The Labute approximate surface area is 174 Å². The summed E-state index contributed by atoms with van der Waals surface area (Å²) in [6.07, 6.45) is 0.937. The fraction of sp³-hybridized carbons (Fsp3) is 0.167. The van der Waals surface area contributed by atoms with Crippen LogP contribution in [0.4, 0.5) is 5.69 Å². The number of nitrogens with one attached hydrogen (secondary N) is 1. The number of methoxy groups -OCH3 is 1. The number of carbonyl (C=O) groups is 1. The highest BCUT2D eigenvalue weighted by Crippen LogP contribution is 2.27. The van der Waals surface area contributed by atoms with E-state index in [1.807, 2.05) is 31.2 Å². The Morgan fingerprint density at radius 1 is 1.00 bits per heavy atom. The Hall–Kier alpha value is -3.80. The molecular formula is C24H22N2O4. The molecule has 30 heavy (non-hydrogen) atoms. The van der Waals surface area contributed by atoms with Gasteiger partial charge in [-0.1, -0.05) is 6.92 Å². The first-order valence-electron chi connectivity index (χ1n) is 9.75. The molecule has 0 atom stereocenters. The van der Waals surface area contributed by atoms with Crippen LogP contribution in [0.1, 0.15) is 23.7 Å². The third-order valence-electron chi connectivity index (χ3n) is 4.57. The zero-order chi connectivity index (χ0) is 20.9. The molecule has 6 heteroatoms. The summed E-state index contributed by atoms with van der Waals surface area (Å²) < 4.78 is 16.6. The predicted molar refractivity (Wildman–Crippen MR) is 116 cm³/mol. The average Bonchev–Trinajstić information content (AvgIpc) is 3.21. The molecule has 4 rings (SSSR count). The molecule has 0 aliphatic heterocycles. The minimum absolute atomic E-state index is 0.199. The lowest BCUT2D eigenvalue weighted by Gasteiger charge is -2.07. The van der Waals surface area contributed by atoms with Gasteiger partial charge in [-0.3, -0.25) is 4.79 Å².